The Bertz CT molecular complexity index is 436. The molecule has 0 heterocycles. The molecular weight excluding hydrogens is 388 g/mol. The highest BCUT2D eigenvalue weighted by molar-refractivity contribution is 5.74. The standard InChI is InChI=1S/C26H50N2O3/c1-2-3-4-5-6-7-8-9-10-11-12-13-14-15-16-17-18-19-20-21-22-23-24-26(30)28(31)27-25-29/h31H,2-24H2,1H3. The van der Waals surface area contributed by atoms with Gasteiger partial charge in [0.15, 0.2) is 0 Å². The van der Waals surface area contributed by atoms with Gasteiger partial charge in [-0.1, -0.05) is 152 Å². The molecule has 0 aliphatic rings. The van der Waals surface area contributed by atoms with Crippen molar-refractivity contribution < 1.29 is 14.8 Å². The van der Waals surface area contributed by atoms with Gasteiger partial charge in [0, 0.05) is 6.42 Å². The molecule has 1 N–H and O–H groups in total. The van der Waals surface area contributed by atoms with Gasteiger partial charge < -0.3 is 0 Å². The minimum Gasteiger partial charge on any atom is -0.270 e. The van der Waals surface area contributed by atoms with Crippen LogP contribution in [0.3, 0.4) is 0 Å². The number of hydrogen-bond donors (Lipinski definition) is 1. The Kier molecular flexibility index (Phi) is 24.1. The molecule has 0 radical (unpaired) electrons. The maximum absolute atomic E-state index is 11.3. The summed E-state index contributed by atoms with van der Waals surface area (Å²) in [4.78, 5) is 21.3. The molecule has 0 aromatic heterocycles. The highest BCUT2D eigenvalue weighted by atomic mass is 16.5. The summed E-state index contributed by atoms with van der Waals surface area (Å²) in [5, 5.41) is 12.0. The number of nitrogens with zero attached hydrogens (tertiary/aromatic N) is 2. The average Bonchev–Trinajstić information content (AvgIpc) is 2.77. The fourth-order valence-corrected chi connectivity index (χ4v) is 4.08. The molecule has 0 unspecified atom stereocenters. The van der Waals surface area contributed by atoms with E-state index in [0.717, 1.165) is 25.3 Å². The Labute approximate surface area is 192 Å². The number of amides is 1. The Morgan fingerprint density at radius 2 is 0.903 bits per heavy atom. The zero-order valence-electron chi connectivity index (χ0n) is 20.4. The minimum atomic E-state index is -0.545. The maximum atomic E-state index is 11.3. The largest absolute Gasteiger partial charge is 0.270 e. The van der Waals surface area contributed by atoms with E-state index in [0.29, 0.717) is 0 Å². The van der Waals surface area contributed by atoms with Gasteiger partial charge in [-0.2, -0.15) is 0 Å². The summed E-state index contributed by atoms with van der Waals surface area (Å²) in [7, 11) is 0. The molecule has 0 aromatic carbocycles. The van der Waals surface area contributed by atoms with Crippen molar-refractivity contribution in [2.45, 2.75) is 155 Å². The first-order chi connectivity index (χ1) is 15.2. The summed E-state index contributed by atoms with van der Waals surface area (Å²) in [5.41, 5.74) is 0. The predicted octanol–water partition coefficient (Wildman–Crippen LogP) is 8.45. The highest BCUT2D eigenvalue weighted by Gasteiger charge is 2.08. The molecule has 0 rings (SSSR count). The summed E-state index contributed by atoms with van der Waals surface area (Å²) in [6.45, 7) is 2.28. The van der Waals surface area contributed by atoms with E-state index in [1.54, 1.807) is 0 Å². The van der Waals surface area contributed by atoms with Crippen molar-refractivity contribution >= 4 is 12.0 Å². The number of hydrogen-bond acceptors (Lipinski definition) is 4. The summed E-state index contributed by atoms with van der Waals surface area (Å²) in [5.74, 6) is -0.545. The van der Waals surface area contributed by atoms with E-state index < -0.39 is 5.91 Å². The third-order valence-electron chi connectivity index (χ3n) is 6.10. The van der Waals surface area contributed by atoms with Crippen molar-refractivity contribution in [2.75, 3.05) is 0 Å². The molecule has 0 aromatic rings. The summed E-state index contributed by atoms with van der Waals surface area (Å²) >= 11 is 0. The van der Waals surface area contributed by atoms with Crippen molar-refractivity contribution in [1.29, 1.82) is 0 Å². The SMILES string of the molecule is CCCCCCCCCCCCCCCCCCCCCCCCC(=O)N(O)N=C=O. The van der Waals surface area contributed by atoms with E-state index >= 15 is 0 Å². The van der Waals surface area contributed by atoms with Gasteiger partial charge in [-0.3, -0.25) is 10.0 Å². The molecule has 0 spiro atoms. The first-order valence-electron chi connectivity index (χ1n) is 13.3. The van der Waals surface area contributed by atoms with Crippen LogP contribution < -0.4 is 0 Å². The van der Waals surface area contributed by atoms with E-state index in [4.69, 9.17) is 5.21 Å². The van der Waals surface area contributed by atoms with Gasteiger partial charge in [-0.15, -0.1) is 0 Å². The number of isocyanates is 1. The van der Waals surface area contributed by atoms with E-state index in [9.17, 15) is 9.59 Å². The van der Waals surface area contributed by atoms with Gasteiger partial charge in [-0.05, 0) is 6.42 Å². The molecule has 0 saturated carbocycles. The third kappa shape index (κ3) is 23.3. The number of unbranched alkanes of at least 4 members (excludes halogenated alkanes) is 21. The first kappa shape index (κ1) is 29.8. The molecule has 31 heavy (non-hydrogen) atoms. The van der Waals surface area contributed by atoms with Crippen molar-refractivity contribution in [3.05, 3.63) is 0 Å². The lowest BCUT2D eigenvalue weighted by atomic mass is 10.0. The molecular formula is C26H50N2O3. The molecule has 0 saturated heterocycles. The number of carbonyl (C=O) groups is 1. The monoisotopic (exact) mass is 438 g/mol. The molecule has 0 bridgehead atoms. The van der Waals surface area contributed by atoms with Crippen molar-refractivity contribution in [3.8, 4) is 0 Å². The molecule has 1 amide bonds. The second-order valence-corrected chi connectivity index (χ2v) is 9.05. The van der Waals surface area contributed by atoms with Gasteiger partial charge >= 0.3 is 0 Å². The van der Waals surface area contributed by atoms with Crippen LogP contribution in [-0.2, 0) is 9.59 Å². The van der Waals surface area contributed by atoms with Gasteiger partial charge in [0.2, 0.25) is 0 Å². The van der Waals surface area contributed by atoms with E-state index in [-0.39, 0.29) is 11.6 Å². The second-order valence-electron chi connectivity index (χ2n) is 9.05. The number of carbonyl (C=O) groups excluding carboxylic acids is 2. The van der Waals surface area contributed by atoms with Gasteiger partial charge in [0.25, 0.3) is 12.0 Å². The lowest BCUT2D eigenvalue weighted by molar-refractivity contribution is -0.165. The fraction of sp³-hybridized carbons (Fsp3) is 0.923. The lowest BCUT2D eigenvalue weighted by Crippen LogP contribution is -2.20. The Hall–Kier alpha value is -1.19. The van der Waals surface area contributed by atoms with Gasteiger partial charge in [0.05, 0.1) is 0 Å². The zero-order valence-corrected chi connectivity index (χ0v) is 20.4. The Morgan fingerprint density at radius 1 is 0.613 bits per heavy atom. The van der Waals surface area contributed by atoms with Crippen LogP contribution in [0.25, 0.3) is 0 Å². The highest BCUT2D eigenvalue weighted by Crippen LogP contribution is 2.15. The molecule has 5 nitrogen and oxygen atoms in total. The van der Waals surface area contributed by atoms with Crippen LogP contribution in [0.2, 0.25) is 0 Å². The topological polar surface area (TPSA) is 70.0 Å². The number of hydrazone groups is 1. The van der Waals surface area contributed by atoms with Crippen LogP contribution in [0, 0.1) is 0 Å². The first-order valence-corrected chi connectivity index (χ1v) is 13.3. The van der Waals surface area contributed by atoms with Crippen LogP contribution in [0.4, 0.5) is 0 Å². The summed E-state index contributed by atoms with van der Waals surface area (Å²) < 4.78 is 0. The molecule has 0 atom stereocenters. The van der Waals surface area contributed by atoms with Crippen LogP contribution >= 0.6 is 0 Å². The quantitative estimate of drug-likeness (QED) is 0.0540. The zero-order chi connectivity index (χ0) is 22.8. The van der Waals surface area contributed by atoms with E-state index in [1.165, 1.54) is 122 Å². The third-order valence-corrected chi connectivity index (χ3v) is 6.10. The number of hydroxylamine groups is 1. The van der Waals surface area contributed by atoms with Crippen molar-refractivity contribution in [3.63, 3.8) is 0 Å². The van der Waals surface area contributed by atoms with Crippen LogP contribution in [0.5, 0.6) is 0 Å². The summed E-state index contributed by atoms with van der Waals surface area (Å²) in [6.07, 6.45) is 30.6. The maximum Gasteiger partial charge on any atom is 0.269 e. The average molecular weight is 439 g/mol. The minimum absolute atomic E-state index is 0.0876. The van der Waals surface area contributed by atoms with Crippen LogP contribution in [0.1, 0.15) is 155 Å². The van der Waals surface area contributed by atoms with Gasteiger partial charge in [0.1, 0.15) is 0 Å². The predicted molar refractivity (Wildman–Crippen MR) is 129 cm³/mol. The molecule has 0 aliphatic carbocycles. The van der Waals surface area contributed by atoms with E-state index in [2.05, 4.69) is 12.0 Å². The number of rotatable bonds is 24. The second kappa shape index (κ2) is 25.1. The molecule has 0 aliphatic heterocycles. The van der Waals surface area contributed by atoms with Crippen molar-refractivity contribution in [2.24, 2.45) is 5.10 Å². The molecule has 5 heteroatoms. The molecule has 0 fully saturated rings. The van der Waals surface area contributed by atoms with Gasteiger partial charge in [-0.25, -0.2) is 4.79 Å². The lowest BCUT2D eigenvalue weighted by Gasteiger charge is -2.06. The Morgan fingerprint density at radius 3 is 1.19 bits per heavy atom. The smallest absolute Gasteiger partial charge is 0.269 e. The fourth-order valence-electron chi connectivity index (χ4n) is 4.08. The Balaban J connectivity index is 3.12. The van der Waals surface area contributed by atoms with Crippen LogP contribution in [0.15, 0.2) is 5.10 Å². The van der Waals surface area contributed by atoms with Crippen LogP contribution in [-0.4, -0.2) is 22.4 Å². The molecule has 182 valence electrons. The van der Waals surface area contributed by atoms with Crippen molar-refractivity contribution in [1.82, 2.24) is 5.17 Å². The van der Waals surface area contributed by atoms with E-state index in [1.807, 2.05) is 0 Å². The normalized spacial score (nSPS) is 10.8. The summed E-state index contributed by atoms with van der Waals surface area (Å²) in [6, 6.07) is 0.